The maximum Gasteiger partial charge on any atom is 0.225 e. The third-order valence-corrected chi connectivity index (χ3v) is 3.84. The molecule has 118 valence electrons. The number of aliphatic hydroxyl groups is 1. The summed E-state index contributed by atoms with van der Waals surface area (Å²) in [5.74, 6) is -0.0474. The number of halogens is 1. The smallest absolute Gasteiger partial charge is 0.225 e. The van der Waals surface area contributed by atoms with Crippen molar-refractivity contribution >= 4 is 23.2 Å². The number of hydrogen-bond acceptors (Lipinski definition) is 3. The van der Waals surface area contributed by atoms with E-state index in [0.29, 0.717) is 23.6 Å². The van der Waals surface area contributed by atoms with Crippen LogP contribution in [0.25, 0.3) is 0 Å². The van der Waals surface area contributed by atoms with E-state index in [1.165, 1.54) is 0 Å². The first-order valence-corrected chi connectivity index (χ1v) is 7.77. The van der Waals surface area contributed by atoms with E-state index in [1.807, 2.05) is 26.0 Å². The van der Waals surface area contributed by atoms with Crippen LogP contribution in [0.4, 0.5) is 5.69 Å². The van der Waals surface area contributed by atoms with Crippen LogP contribution in [-0.2, 0) is 4.79 Å². The number of nitrogens with one attached hydrogen (secondary N) is 2. The first kappa shape index (κ1) is 18.0. The van der Waals surface area contributed by atoms with Gasteiger partial charge in [0.05, 0.1) is 0 Å². The van der Waals surface area contributed by atoms with Crippen LogP contribution in [0.2, 0.25) is 5.02 Å². The molecule has 1 aromatic carbocycles. The number of carbonyl (C=O) groups is 1. The number of aliphatic hydroxyl groups excluding tert-OH is 1. The molecule has 0 bridgehead atoms. The molecule has 5 heteroatoms. The molecule has 0 heterocycles. The van der Waals surface area contributed by atoms with Crippen LogP contribution >= 0.6 is 11.6 Å². The molecule has 21 heavy (non-hydrogen) atoms. The lowest BCUT2D eigenvalue weighted by atomic mass is 10.1. The highest BCUT2D eigenvalue weighted by atomic mass is 35.5. The molecule has 1 amide bonds. The first-order valence-electron chi connectivity index (χ1n) is 7.39. The van der Waals surface area contributed by atoms with Gasteiger partial charge in [0, 0.05) is 35.8 Å². The van der Waals surface area contributed by atoms with Crippen molar-refractivity contribution in [3.8, 4) is 0 Å². The predicted molar refractivity (Wildman–Crippen MR) is 87.8 cm³/mol. The Morgan fingerprint density at radius 1 is 1.43 bits per heavy atom. The molecule has 4 nitrogen and oxygen atoms in total. The van der Waals surface area contributed by atoms with Gasteiger partial charge in [-0.2, -0.15) is 0 Å². The number of rotatable bonds is 8. The van der Waals surface area contributed by atoms with Crippen LogP contribution in [0.5, 0.6) is 0 Å². The molecular weight excluding hydrogens is 288 g/mol. The number of amides is 1. The van der Waals surface area contributed by atoms with E-state index in [4.69, 9.17) is 16.7 Å². The standard InChI is InChI=1S/C16H25ClN2O2/c1-4-13(7-8-20)18-12(3)9-16(21)19-14-6-5-11(2)15(17)10-14/h5-6,10,12-13,18,20H,4,7-9H2,1-3H3,(H,19,21). The molecule has 0 aliphatic heterocycles. The lowest BCUT2D eigenvalue weighted by molar-refractivity contribution is -0.116. The van der Waals surface area contributed by atoms with Gasteiger partial charge in [-0.15, -0.1) is 0 Å². The van der Waals surface area contributed by atoms with E-state index in [0.717, 1.165) is 12.0 Å². The van der Waals surface area contributed by atoms with Crippen molar-refractivity contribution in [1.29, 1.82) is 0 Å². The van der Waals surface area contributed by atoms with Crippen molar-refractivity contribution in [3.05, 3.63) is 28.8 Å². The Morgan fingerprint density at radius 2 is 2.14 bits per heavy atom. The molecule has 1 aromatic rings. The van der Waals surface area contributed by atoms with Gasteiger partial charge in [0.1, 0.15) is 0 Å². The molecule has 0 saturated carbocycles. The van der Waals surface area contributed by atoms with Gasteiger partial charge in [0.15, 0.2) is 0 Å². The highest BCUT2D eigenvalue weighted by Gasteiger charge is 2.13. The Morgan fingerprint density at radius 3 is 2.71 bits per heavy atom. The van der Waals surface area contributed by atoms with E-state index in [9.17, 15) is 4.79 Å². The largest absolute Gasteiger partial charge is 0.396 e. The minimum Gasteiger partial charge on any atom is -0.396 e. The van der Waals surface area contributed by atoms with Gasteiger partial charge < -0.3 is 15.7 Å². The summed E-state index contributed by atoms with van der Waals surface area (Å²) in [7, 11) is 0. The first-order chi connectivity index (χ1) is 9.96. The normalized spacial score (nSPS) is 13.8. The summed E-state index contributed by atoms with van der Waals surface area (Å²) >= 11 is 6.04. The van der Waals surface area contributed by atoms with Gasteiger partial charge in [0.25, 0.3) is 0 Å². The maximum atomic E-state index is 12.0. The quantitative estimate of drug-likeness (QED) is 0.691. The highest BCUT2D eigenvalue weighted by Crippen LogP contribution is 2.20. The predicted octanol–water partition coefficient (Wildman–Crippen LogP) is 3.12. The molecule has 1 rings (SSSR count). The number of anilines is 1. The Balaban J connectivity index is 2.47. The summed E-state index contributed by atoms with van der Waals surface area (Å²) < 4.78 is 0. The second-order valence-electron chi connectivity index (χ2n) is 5.40. The van der Waals surface area contributed by atoms with Crippen LogP contribution < -0.4 is 10.6 Å². The molecule has 0 fully saturated rings. The van der Waals surface area contributed by atoms with Crippen LogP contribution in [0.1, 0.15) is 38.7 Å². The second-order valence-corrected chi connectivity index (χ2v) is 5.81. The van der Waals surface area contributed by atoms with E-state index in [1.54, 1.807) is 6.07 Å². The topological polar surface area (TPSA) is 61.4 Å². The van der Waals surface area contributed by atoms with Crippen molar-refractivity contribution in [3.63, 3.8) is 0 Å². The second kappa shape index (κ2) is 9.03. The lowest BCUT2D eigenvalue weighted by Gasteiger charge is -2.21. The minimum absolute atomic E-state index is 0.0474. The third kappa shape index (κ3) is 6.46. The Kier molecular flexibility index (Phi) is 7.72. The monoisotopic (exact) mass is 312 g/mol. The van der Waals surface area contributed by atoms with Gasteiger partial charge in [-0.1, -0.05) is 24.6 Å². The Bertz CT molecular complexity index is 466. The molecule has 2 atom stereocenters. The molecule has 0 aromatic heterocycles. The van der Waals surface area contributed by atoms with Gasteiger partial charge >= 0.3 is 0 Å². The average molecular weight is 313 g/mol. The van der Waals surface area contributed by atoms with Crippen molar-refractivity contribution in [2.24, 2.45) is 0 Å². The molecule has 0 aliphatic rings. The van der Waals surface area contributed by atoms with Crippen LogP contribution in [0, 0.1) is 6.92 Å². The molecule has 0 spiro atoms. The molecule has 0 saturated heterocycles. The van der Waals surface area contributed by atoms with E-state index >= 15 is 0 Å². The van der Waals surface area contributed by atoms with Gasteiger partial charge in [-0.05, 0) is 44.4 Å². The van der Waals surface area contributed by atoms with Crippen molar-refractivity contribution in [2.45, 2.75) is 52.1 Å². The number of hydrogen-bond donors (Lipinski definition) is 3. The Hall–Kier alpha value is -1.10. The summed E-state index contributed by atoms with van der Waals surface area (Å²) in [6.45, 7) is 6.12. The average Bonchev–Trinajstić information content (AvgIpc) is 2.42. The summed E-state index contributed by atoms with van der Waals surface area (Å²) in [5.41, 5.74) is 1.70. The molecule has 2 unspecified atom stereocenters. The fraction of sp³-hybridized carbons (Fsp3) is 0.562. The minimum atomic E-state index is -0.0474. The van der Waals surface area contributed by atoms with Crippen LogP contribution in [0.3, 0.4) is 0 Å². The highest BCUT2D eigenvalue weighted by molar-refractivity contribution is 6.31. The zero-order valence-electron chi connectivity index (χ0n) is 12.9. The molecule has 0 radical (unpaired) electrons. The summed E-state index contributed by atoms with van der Waals surface area (Å²) in [6, 6.07) is 5.79. The van der Waals surface area contributed by atoms with Crippen molar-refractivity contribution < 1.29 is 9.90 Å². The summed E-state index contributed by atoms with van der Waals surface area (Å²) in [6.07, 6.45) is 2.02. The van der Waals surface area contributed by atoms with Gasteiger partial charge in [-0.25, -0.2) is 0 Å². The Labute approximate surface area is 131 Å². The zero-order valence-corrected chi connectivity index (χ0v) is 13.7. The van der Waals surface area contributed by atoms with E-state index < -0.39 is 0 Å². The number of carbonyl (C=O) groups excluding carboxylic acids is 1. The van der Waals surface area contributed by atoms with Gasteiger partial charge in [0.2, 0.25) is 5.91 Å². The number of aryl methyl sites for hydroxylation is 1. The number of benzene rings is 1. The molecule has 0 aliphatic carbocycles. The summed E-state index contributed by atoms with van der Waals surface area (Å²) in [4.78, 5) is 12.0. The van der Waals surface area contributed by atoms with Crippen LogP contribution in [-0.4, -0.2) is 29.7 Å². The van der Waals surface area contributed by atoms with Crippen LogP contribution in [0.15, 0.2) is 18.2 Å². The molecule has 3 N–H and O–H groups in total. The van der Waals surface area contributed by atoms with Crippen molar-refractivity contribution in [2.75, 3.05) is 11.9 Å². The lowest BCUT2D eigenvalue weighted by Crippen LogP contribution is -2.38. The SMILES string of the molecule is CCC(CCO)NC(C)CC(=O)Nc1ccc(C)c(Cl)c1. The third-order valence-electron chi connectivity index (χ3n) is 3.44. The fourth-order valence-corrected chi connectivity index (χ4v) is 2.36. The van der Waals surface area contributed by atoms with Gasteiger partial charge in [-0.3, -0.25) is 4.79 Å². The van der Waals surface area contributed by atoms with E-state index in [2.05, 4.69) is 17.6 Å². The maximum absolute atomic E-state index is 12.0. The summed E-state index contributed by atoms with van der Waals surface area (Å²) in [5, 5.41) is 15.8. The van der Waals surface area contributed by atoms with Crippen molar-refractivity contribution in [1.82, 2.24) is 5.32 Å². The zero-order chi connectivity index (χ0) is 15.8. The fourth-order valence-electron chi connectivity index (χ4n) is 2.18. The van der Waals surface area contributed by atoms with E-state index in [-0.39, 0.29) is 24.6 Å². The molecular formula is C16H25ClN2O2.